The van der Waals surface area contributed by atoms with Gasteiger partial charge in [-0.15, -0.1) is 0 Å². The number of methoxy groups -OCH3 is 1. The molecular weight excluding hydrogens is 486 g/mol. The largest absolute Gasteiger partial charge is 0.496 e. The molecule has 1 saturated heterocycles. The average molecular weight is 518 g/mol. The van der Waals surface area contributed by atoms with E-state index in [0.717, 1.165) is 64.7 Å². The zero-order valence-electron chi connectivity index (χ0n) is 21.9. The molecule has 3 aromatic carbocycles. The van der Waals surface area contributed by atoms with E-state index in [-0.39, 0.29) is 6.10 Å². The molecule has 1 fully saturated rings. The monoisotopic (exact) mass is 517 g/mol. The molecule has 0 saturated carbocycles. The van der Waals surface area contributed by atoms with Crippen LogP contribution in [0.15, 0.2) is 85.1 Å². The first-order valence-electron chi connectivity index (χ1n) is 13.3. The van der Waals surface area contributed by atoms with Crippen molar-refractivity contribution in [1.29, 1.82) is 0 Å². The first-order chi connectivity index (χ1) is 19.2. The van der Waals surface area contributed by atoms with Crippen LogP contribution in [0.4, 0.5) is 0 Å². The molecule has 5 aromatic rings. The maximum absolute atomic E-state index is 5.95. The maximum atomic E-state index is 5.95. The zero-order chi connectivity index (χ0) is 26.4. The van der Waals surface area contributed by atoms with E-state index in [9.17, 15) is 0 Å². The van der Waals surface area contributed by atoms with Gasteiger partial charge >= 0.3 is 0 Å². The molecule has 1 unspecified atom stereocenters. The number of rotatable bonds is 9. The lowest BCUT2D eigenvalue weighted by atomic mass is 10.1. The summed E-state index contributed by atoms with van der Waals surface area (Å²) in [5.74, 6) is 1.52. The quantitative estimate of drug-likeness (QED) is 0.224. The number of nitrogens with one attached hydrogen (secondary N) is 1. The van der Waals surface area contributed by atoms with Crippen molar-refractivity contribution in [2.24, 2.45) is 0 Å². The highest BCUT2D eigenvalue weighted by molar-refractivity contribution is 5.83. The molecule has 1 aliphatic rings. The summed E-state index contributed by atoms with van der Waals surface area (Å²) in [5, 5.41) is 6.09. The molecule has 6 heteroatoms. The Hall–Kier alpha value is -4.55. The molecule has 0 amide bonds. The van der Waals surface area contributed by atoms with Crippen molar-refractivity contribution >= 4 is 35.2 Å². The van der Waals surface area contributed by atoms with Gasteiger partial charge in [0.25, 0.3) is 0 Å². The van der Waals surface area contributed by atoms with E-state index in [1.54, 1.807) is 7.11 Å². The molecule has 2 aromatic heterocycles. The summed E-state index contributed by atoms with van der Waals surface area (Å²) in [6.07, 6.45) is 12.5. The average Bonchev–Trinajstić information content (AvgIpc) is 3.75. The summed E-state index contributed by atoms with van der Waals surface area (Å²) in [6, 6.07) is 26.6. The van der Waals surface area contributed by atoms with Crippen LogP contribution in [0.3, 0.4) is 0 Å². The van der Waals surface area contributed by atoms with Crippen LogP contribution >= 0.6 is 0 Å². The second-order valence-corrected chi connectivity index (χ2v) is 9.58. The summed E-state index contributed by atoms with van der Waals surface area (Å²) in [5.41, 5.74) is 6.02. The normalized spacial score (nSPS) is 15.6. The predicted octanol–water partition coefficient (Wildman–Crippen LogP) is 7.26. The van der Waals surface area contributed by atoms with Gasteiger partial charge in [0.1, 0.15) is 18.1 Å². The van der Waals surface area contributed by atoms with Gasteiger partial charge in [0.05, 0.1) is 30.3 Å². The fourth-order valence-electron chi connectivity index (χ4n) is 4.80. The first-order valence-corrected chi connectivity index (χ1v) is 13.3. The molecule has 0 radical (unpaired) electrons. The molecule has 1 N–H and O–H groups in total. The standard InChI is InChI=1S/C33H31N3O3/c1-37-33-22-30(39-23-31-8-5-19-38-31)16-13-26(33)12-14-27-21-29(36(35-27)28-6-3-2-4-7-28)15-10-24-9-11-25-17-18-34-32(25)20-24/h2-4,6-7,9-18,20-22,31,34H,5,8,19,23H2,1H3/b14-12+,15-10+. The van der Waals surface area contributed by atoms with Gasteiger partial charge < -0.3 is 19.2 Å². The molecule has 6 nitrogen and oxygen atoms in total. The minimum Gasteiger partial charge on any atom is -0.496 e. The van der Waals surface area contributed by atoms with Crippen molar-refractivity contribution in [1.82, 2.24) is 14.8 Å². The van der Waals surface area contributed by atoms with Crippen LogP contribution in [0.1, 0.15) is 35.4 Å². The maximum Gasteiger partial charge on any atom is 0.129 e. The second-order valence-electron chi connectivity index (χ2n) is 9.58. The summed E-state index contributed by atoms with van der Waals surface area (Å²) in [7, 11) is 1.67. The number of benzene rings is 3. The van der Waals surface area contributed by atoms with Crippen molar-refractivity contribution in [3.05, 3.63) is 108 Å². The Balaban J connectivity index is 1.25. The van der Waals surface area contributed by atoms with Gasteiger partial charge in [-0.05, 0) is 84.5 Å². The Morgan fingerprint density at radius 1 is 0.974 bits per heavy atom. The number of aromatic amines is 1. The zero-order valence-corrected chi connectivity index (χ0v) is 21.9. The molecule has 39 heavy (non-hydrogen) atoms. The van der Waals surface area contributed by atoms with E-state index >= 15 is 0 Å². The number of aromatic nitrogens is 3. The third-order valence-electron chi connectivity index (χ3n) is 6.88. The Labute approximate surface area is 228 Å². The van der Waals surface area contributed by atoms with Crippen LogP contribution in [0, 0.1) is 0 Å². The van der Waals surface area contributed by atoms with Crippen LogP contribution in [0.5, 0.6) is 11.5 Å². The molecule has 3 heterocycles. The molecule has 6 rings (SSSR count). The Bertz CT molecular complexity index is 1610. The van der Waals surface area contributed by atoms with Crippen molar-refractivity contribution < 1.29 is 14.2 Å². The van der Waals surface area contributed by atoms with E-state index in [4.69, 9.17) is 19.3 Å². The van der Waals surface area contributed by atoms with E-state index in [1.165, 1.54) is 5.39 Å². The summed E-state index contributed by atoms with van der Waals surface area (Å²) in [6.45, 7) is 1.38. The number of para-hydroxylation sites is 1. The highest BCUT2D eigenvalue weighted by Crippen LogP contribution is 2.28. The number of fused-ring (bicyclic) bond motifs is 1. The summed E-state index contributed by atoms with van der Waals surface area (Å²) < 4.78 is 19.2. The van der Waals surface area contributed by atoms with Crippen LogP contribution < -0.4 is 9.47 Å². The number of nitrogens with zero attached hydrogens (tertiary/aromatic N) is 2. The Morgan fingerprint density at radius 3 is 2.74 bits per heavy atom. The second kappa shape index (κ2) is 11.5. The van der Waals surface area contributed by atoms with E-state index in [1.807, 2.05) is 59.4 Å². The van der Waals surface area contributed by atoms with Gasteiger partial charge in [-0.2, -0.15) is 5.10 Å². The number of ether oxygens (including phenoxy) is 3. The highest BCUT2D eigenvalue weighted by Gasteiger charge is 2.16. The van der Waals surface area contributed by atoms with E-state index in [2.05, 4.69) is 59.6 Å². The van der Waals surface area contributed by atoms with Crippen LogP contribution in [-0.2, 0) is 4.74 Å². The molecule has 0 spiro atoms. The predicted molar refractivity (Wildman–Crippen MR) is 157 cm³/mol. The fourth-order valence-corrected chi connectivity index (χ4v) is 4.80. The van der Waals surface area contributed by atoms with Crippen LogP contribution in [-0.4, -0.2) is 41.2 Å². The van der Waals surface area contributed by atoms with E-state index in [0.29, 0.717) is 6.61 Å². The first kappa shape index (κ1) is 24.8. The third-order valence-corrected chi connectivity index (χ3v) is 6.88. The molecule has 1 atom stereocenters. The topological polar surface area (TPSA) is 61.3 Å². The highest BCUT2D eigenvalue weighted by atomic mass is 16.5. The SMILES string of the molecule is COc1cc(OCC2CCCO2)ccc1/C=C/c1cc(/C=C/c2ccc3cc[nH]c3c2)n(-c2ccccc2)n1. The lowest BCUT2D eigenvalue weighted by Gasteiger charge is -2.13. The van der Waals surface area contributed by atoms with Gasteiger partial charge in [-0.1, -0.05) is 36.4 Å². The molecule has 196 valence electrons. The van der Waals surface area contributed by atoms with E-state index < -0.39 is 0 Å². The molecule has 0 aliphatic carbocycles. The van der Waals surface area contributed by atoms with Gasteiger partial charge in [-0.3, -0.25) is 0 Å². The van der Waals surface area contributed by atoms with Crippen molar-refractivity contribution in [2.45, 2.75) is 18.9 Å². The van der Waals surface area contributed by atoms with Crippen molar-refractivity contribution in [2.75, 3.05) is 20.3 Å². The fraction of sp³-hybridized carbons (Fsp3) is 0.182. The molecule has 1 aliphatic heterocycles. The summed E-state index contributed by atoms with van der Waals surface area (Å²) >= 11 is 0. The van der Waals surface area contributed by atoms with Gasteiger partial charge in [0.2, 0.25) is 0 Å². The smallest absolute Gasteiger partial charge is 0.129 e. The van der Waals surface area contributed by atoms with Gasteiger partial charge in [-0.25, -0.2) is 4.68 Å². The van der Waals surface area contributed by atoms with Crippen LogP contribution in [0.2, 0.25) is 0 Å². The summed E-state index contributed by atoms with van der Waals surface area (Å²) in [4.78, 5) is 3.28. The minimum absolute atomic E-state index is 0.176. The minimum atomic E-state index is 0.176. The lowest BCUT2D eigenvalue weighted by molar-refractivity contribution is 0.0679. The van der Waals surface area contributed by atoms with Crippen molar-refractivity contribution in [3.8, 4) is 17.2 Å². The lowest BCUT2D eigenvalue weighted by Crippen LogP contribution is -2.16. The number of hydrogen-bond donors (Lipinski definition) is 1. The van der Waals surface area contributed by atoms with Gasteiger partial charge in [0.15, 0.2) is 0 Å². The Morgan fingerprint density at radius 2 is 1.90 bits per heavy atom. The number of H-pyrrole nitrogens is 1. The van der Waals surface area contributed by atoms with Gasteiger partial charge in [0, 0.05) is 30.0 Å². The number of hydrogen-bond acceptors (Lipinski definition) is 4. The van der Waals surface area contributed by atoms with Crippen molar-refractivity contribution in [3.63, 3.8) is 0 Å². The third kappa shape index (κ3) is 5.81. The molecular formula is C33H31N3O3. The molecule has 0 bridgehead atoms. The Kier molecular flexibility index (Phi) is 7.28. The van der Waals surface area contributed by atoms with Crippen LogP contribution in [0.25, 0.3) is 40.9 Å².